The number of ether oxygens (including phenoxy) is 1. The zero-order valence-corrected chi connectivity index (χ0v) is 11.6. The van der Waals surface area contributed by atoms with E-state index in [-0.39, 0.29) is 81.4 Å². The first-order valence-electron chi connectivity index (χ1n) is 6.33. The van der Waals surface area contributed by atoms with Gasteiger partial charge in [0.05, 0.1) is 22.3 Å². The minimum absolute atomic E-state index is 0. The monoisotopic (exact) mass is 362 g/mol. The van der Waals surface area contributed by atoms with Crippen molar-refractivity contribution in [2.45, 2.75) is 0 Å². The van der Waals surface area contributed by atoms with Gasteiger partial charge in [0.2, 0.25) is 0 Å². The van der Waals surface area contributed by atoms with E-state index in [1.165, 1.54) is 48.5 Å². The summed E-state index contributed by atoms with van der Waals surface area (Å²) in [7, 11) is 0. The Labute approximate surface area is 186 Å². The summed E-state index contributed by atoms with van der Waals surface area (Å²) in [5, 5.41) is 18.0. The minimum atomic E-state index is -1.35. The number of carboxylic acids is 2. The molecule has 0 heterocycles. The number of hydrogen-bond acceptors (Lipinski definition) is 5. The van der Waals surface area contributed by atoms with Gasteiger partial charge in [-0.1, -0.05) is 24.3 Å². The molecule has 0 radical (unpaired) electrons. The third-order valence-electron chi connectivity index (χ3n) is 2.94. The van der Waals surface area contributed by atoms with Gasteiger partial charge >= 0.3 is 83.0 Å². The molecule has 0 spiro atoms. The second-order valence-electron chi connectivity index (χ2n) is 4.38. The molecule has 25 heavy (non-hydrogen) atoms. The Balaban J connectivity index is 0.00000288. The van der Waals surface area contributed by atoms with Crippen LogP contribution in [0.5, 0.6) is 0 Å². The summed E-state index contributed by atoms with van der Waals surface area (Å²) < 4.78 is 4.60. The van der Waals surface area contributed by atoms with Crippen LogP contribution >= 0.6 is 0 Å². The molecular weight excluding hydrogens is 350 g/mol. The van der Waals surface area contributed by atoms with Gasteiger partial charge in [-0.15, -0.1) is 0 Å². The summed E-state index contributed by atoms with van der Waals surface area (Å²) in [5.41, 5.74) is -1.25. The van der Waals surface area contributed by atoms with E-state index < -0.39 is 23.9 Å². The summed E-state index contributed by atoms with van der Waals surface area (Å²) in [6, 6.07) is 10.4. The molecule has 0 aliphatic carbocycles. The van der Waals surface area contributed by atoms with Crippen LogP contribution < -0.4 is 0 Å². The first-order valence-corrected chi connectivity index (χ1v) is 6.33. The third kappa shape index (κ3) is 5.78. The zero-order chi connectivity index (χ0) is 17.0. The number of carboxylic acid groups (broad SMARTS) is 2. The van der Waals surface area contributed by atoms with Crippen LogP contribution in [0.15, 0.2) is 48.5 Å². The Morgan fingerprint density at radius 3 is 1.16 bits per heavy atom. The van der Waals surface area contributed by atoms with Gasteiger partial charge < -0.3 is 14.9 Å². The van der Waals surface area contributed by atoms with Crippen LogP contribution in [0.25, 0.3) is 0 Å². The van der Waals surface area contributed by atoms with Gasteiger partial charge in [-0.2, -0.15) is 0 Å². The van der Waals surface area contributed by atoms with Crippen LogP contribution in [0.2, 0.25) is 0 Å². The van der Waals surface area contributed by atoms with Gasteiger partial charge in [-0.05, 0) is 24.3 Å². The van der Waals surface area contributed by atoms with E-state index in [1.807, 2.05) is 0 Å². The molecule has 120 valence electrons. The standard InChI is InChI=1S/C16H10O7.2Na.2H/c17-13(18)9-5-1-3-7-11(9)15(21)23-16(22)12-8-4-2-6-10(12)14(19)20;;;;/h1-8H,(H,17,18)(H,19,20);;;;. The Morgan fingerprint density at radius 2 is 0.880 bits per heavy atom. The zero-order valence-electron chi connectivity index (χ0n) is 11.6. The van der Waals surface area contributed by atoms with Crippen LogP contribution in [-0.2, 0) is 4.74 Å². The molecule has 9 heteroatoms. The molecule has 0 aliphatic heterocycles. The molecule has 0 aromatic heterocycles. The van der Waals surface area contributed by atoms with Crippen molar-refractivity contribution in [3.05, 3.63) is 70.8 Å². The van der Waals surface area contributed by atoms with E-state index >= 15 is 0 Å². The predicted molar refractivity (Wildman–Crippen MR) is 90.8 cm³/mol. The van der Waals surface area contributed by atoms with Gasteiger partial charge in [0, 0.05) is 0 Å². The second-order valence-corrected chi connectivity index (χ2v) is 4.38. The summed E-state index contributed by atoms with van der Waals surface area (Å²) >= 11 is 0. The van der Waals surface area contributed by atoms with Crippen molar-refractivity contribution < 1.29 is 34.1 Å². The second kappa shape index (κ2) is 10.5. The third-order valence-corrected chi connectivity index (χ3v) is 2.94. The molecule has 0 bridgehead atoms. The van der Waals surface area contributed by atoms with Crippen molar-refractivity contribution >= 4 is 83.0 Å². The Kier molecular flexibility index (Phi) is 9.88. The molecule has 0 saturated carbocycles. The molecule has 2 aromatic rings. The van der Waals surface area contributed by atoms with Crippen LogP contribution in [0, 0.1) is 0 Å². The molecule has 2 rings (SSSR count). The van der Waals surface area contributed by atoms with Gasteiger partial charge in [0.1, 0.15) is 0 Å². The average Bonchev–Trinajstić information content (AvgIpc) is 2.54. The van der Waals surface area contributed by atoms with Gasteiger partial charge in [-0.25, -0.2) is 19.2 Å². The number of carbonyl (C=O) groups excluding carboxylic acids is 2. The fourth-order valence-electron chi connectivity index (χ4n) is 1.89. The van der Waals surface area contributed by atoms with E-state index in [0.717, 1.165) is 0 Å². The van der Waals surface area contributed by atoms with Crippen molar-refractivity contribution in [2.75, 3.05) is 0 Å². The molecule has 0 amide bonds. The number of rotatable bonds is 4. The maximum absolute atomic E-state index is 12.0. The van der Waals surface area contributed by atoms with Crippen molar-refractivity contribution in [3.8, 4) is 0 Å². The van der Waals surface area contributed by atoms with Crippen molar-refractivity contribution in [1.82, 2.24) is 0 Å². The van der Waals surface area contributed by atoms with Gasteiger partial charge in [0.25, 0.3) is 0 Å². The number of carbonyl (C=O) groups is 4. The fourth-order valence-corrected chi connectivity index (χ4v) is 1.89. The van der Waals surface area contributed by atoms with E-state index in [0.29, 0.717) is 0 Å². The molecule has 0 atom stereocenters. The van der Waals surface area contributed by atoms with E-state index in [4.69, 9.17) is 10.2 Å². The van der Waals surface area contributed by atoms with Crippen molar-refractivity contribution in [1.29, 1.82) is 0 Å². The quantitative estimate of drug-likeness (QED) is 0.469. The Bertz CT molecular complexity index is 750. The van der Waals surface area contributed by atoms with Crippen LogP contribution in [-0.4, -0.2) is 93.2 Å². The molecule has 0 aliphatic rings. The SMILES string of the molecule is O=C(O)c1ccccc1C(=O)OC(=O)c1ccccc1C(=O)O.[NaH].[NaH]. The van der Waals surface area contributed by atoms with Crippen LogP contribution in [0.3, 0.4) is 0 Å². The number of esters is 2. The van der Waals surface area contributed by atoms with Crippen molar-refractivity contribution in [3.63, 3.8) is 0 Å². The summed E-state index contributed by atoms with van der Waals surface area (Å²) in [6.45, 7) is 0. The predicted octanol–water partition coefficient (Wildman–Crippen LogP) is 0.783. The number of aromatic carboxylic acids is 2. The van der Waals surface area contributed by atoms with Gasteiger partial charge in [-0.3, -0.25) is 0 Å². The van der Waals surface area contributed by atoms with Crippen molar-refractivity contribution in [2.24, 2.45) is 0 Å². The topological polar surface area (TPSA) is 118 Å². The average molecular weight is 362 g/mol. The molecule has 2 N–H and O–H groups in total. The summed E-state index contributed by atoms with van der Waals surface area (Å²) in [4.78, 5) is 46.1. The molecule has 0 fully saturated rings. The first-order chi connectivity index (χ1) is 10.9. The maximum atomic E-state index is 12.0. The summed E-state index contributed by atoms with van der Waals surface area (Å²) in [6.07, 6.45) is 0. The molecule has 0 saturated heterocycles. The number of benzene rings is 2. The van der Waals surface area contributed by atoms with Gasteiger partial charge in [0.15, 0.2) is 0 Å². The first kappa shape index (κ1) is 23.5. The van der Waals surface area contributed by atoms with E-state index in [9.17, 15) is 19.2 Å². The van der Waals surface area contributed by atoms with E-state index in [2.05, 4.69) is 4.74 Å². The molecule has 7 nitrogen and oxygen atoms in total. The Hall–Kier alpha value is -1.48. The molecular formula is C16H12Na2O7. The van der Waals surface area contributed by atoms with E-state index in [1.54, 1.807) is 0 Å². The summed E-state index contributed by atoms with van der Waals surface area (Å²) in [5.74, 6) is -5.05. The fraction of sp³-hybridized carbons (Fsp3) is 0. The van der Waals surface area contributed by atoms with Crippen LogP contribution in [0.1, 0.15) is 41.4 Å². The normalized spacial score (nSPS) is 9.12. The molecule has 0 unspecified atom stereocenters. The van der Waals surface area contributed by atoms with Crippen LogP contribution in [0.4, 0.5) is 0 Å². The Morgan fingerprint density at radius 1 is 0.600 bits per heavy atom. The number of hydrogen-bond donors (Lipinski definition) is 2. The molecule has 2 aromatic carbocycles.